The molecule has 72 valence electrons. The SMILES string of the molecule is CCN(CC(N)=NO)S(C)(=O)=O. The summed E-state index contributed by atoms with van der Waals surface area (Å²) in [7, 11) is -3.26. The minimum absolute atomic E-state index is 0.0775. The van der Waals surface area contributed by atoms with Gasteiger partial charge in [-0.3, -0.25) is 0 Å². The van der Waals surface area contributed by atoms with Crippen molar-refractivity contribution >= 4 is 15.9 Å². The Hall–Kier alpha value is -0.820. The van der Waals surface area contributed by atoms with Gasteiger partial charge in [0, 0.05) is 6.54 Å². The molecule has 0 aliphatic rings. The molecule has 0 saturated carbocycles. The van der Waals surface area contributed by atoms with Gasteiger partial charge in [-0.15, -0.1) is 0 Å². The van der Waals surface area contributed by atoms with Gasteiger partial charge in [-0.25, -0.2) is 8.42 Å². The van der Waals surface area contributed by atoms with E-state index in [1.807, 2.05) is 0 Å². The summed E-state index contributed by atoms with van der Waals surface area (Å²) in [6.45, 7) is 1.90. The van der Waals surface area contributed by atoms with E-state index in [1.54, 1.807) is 6.92 Å². The standard InChI is InChI=1S/C5H13N3O3S/c1-3-8(12(2,10)11)4-5(6)7-9/h9H,3-4H2,1-2H3,(H2,6,7). The zero-order valence-corrected chi connectivity index (χ0v) is 7.87. The maximum Gasteiger partial charge on any atom is 0.211 e. The Morgan fingerprint density at radius 1 is 1.67 bits per heavy atom. The van der Waals surface area contributed by atoms with Crippen molar-refractivity contribution in [2.45, 2.75) is 6.92 Å². The van der Waals surface area contributed by atoms with Crippen LogP contribution in [0.2, 0.25) is 0 Å². The summed E-state index contributed by atoms with van der Waals surface area (Å²) in [6, 6.07) is 0. The van der Waals surface area contributed by atoms with Crippen LogP contribution in [0.15, 0.2) is 5.16 Å². The molecule has 0 aliphatic carbocycles. The number of hydrogen-bond donors (Lipinski definition) is 2. The molecule has 0 aromatic carbocycles. The summed E-state index contributed by atoms with van der Waals surface area (Å²) in [6.07, 6.45) is 1.07. The van der Waals surface area contributed by atoms with Crippen LogP contribution in [0.25, 0.3) is 0 Å². The van der Waals surface area contributed by atoms with Crippen molar-refractivity contribution in [1.82, 2.24) is 4.31 Å². The molecule has 12 heavy (non-hydrogen) atoms. The predicted molar refractivity (Wildman–Crippen MR) is 45.5 cm³/mol. The van der Waals surface area contributed by atoms with Gasteiger partial charge < -0.3 is 10.9 Å². The zero-order valence-electron chi connectivity index (χ0n) is 7.06. The summed E-state index contributed by atoms with van der Waals surface area (Å²) in [4.78, 5) is 0. The van der Waals surface area contributed by atoms with Crippen LogP contribution in [0.4, 0.5) is 0 Å². The summed E-state index contributed by atoms with van der Waals surface area (Å²) < 4.78 is 23.0. The van der Waals surface area contributed by atoms with E-state index in [4.69, 9.17) is 10.9 Å². The summed E-state index contributed by atoms with van der Waals surface area (Å²) in [5, 5.41) is 10.9. The lowest BCUT2D eigenvalue weighted by Gasteiger charge is -2.15. The molecule has 0 aliphatic heterocycles. The molecule has 0 rings (SSSR count). The van der Waals surface area contributed by atoms with Gasteiger partial charge in [0.2, 0.25) is 10.0 Å². The Balaban J connectivity index is 4.41. The number of likely N-dealkylation sites (N-methyl/N-ethyl adjacent to an activating group) is 1. The molecule has 0 fully saturated rings. The Morgan fingerprint density at radius 2 is 2.17 bits per heavy atom. The van der Waals surface area contributed by atoms with Crippen molar-refractivity contribution in [2.24, 2.45) is 10.9 Å². The second-order valence-electron chi connectivity index (χ2n) is 2.28. The number of nitrogens with zero attached hydrogens (tertiary/aromatic N) is 2. The lowest BCUT2D eigenvalue weighted by atomic mass is 10.6. The number of hydrogen-bond acceptors (Lipinski definition) is 4. The van der Waals surface area contributed by atoms with Crippen molar-refractivity contribution in [1.29, 1.82) is 0 Å². The maximum absolute atomic E-state index is 10.9. The first-order valence-electron chi connectivity index (χ1n) is 3.33. The summed E-state index contributed by atoms with van der Waals surface area (Å²) >= 11 is 0. The van der Waals surface area contributed by atoms with Crippen molar-refractivity contribution in [3.05, 3.63) is 0 Å². The molecule has 0 heterocycles. The highest BCUT2D eigenvalue weighted by atomic mass is 32.2. The predicted octanol–water partition coefficient (Wildman–Crippen LogP) is -0.986. The van der Waals surface area contributed by atoms with E-state index in [2.05, 4.69) is 5.16 Å². The molecule has 0 amide bonds. The van der Waals surface area contributed by atoms with Crippen LogP contribution in [-0.4, -0.2) is 43.1 Å². The average Bonchev–Trinajstić information content (AvgIpc) is 1.97. The van der Waals surface area contributed by atoms with E-state index in [0.29, 0.717) is 6.54 Å². The van der Waals surface area contributed by atoms with Crippen LogP contribution in [-0.2, 0) is 10.0 Å². The fourth-order valence-corrected chi connectivity index (χ4v) is 1.51. The van der Waals surface area contributed by atoms with Gasteiger partial charge in [0.1, 0.15) is 0 Å². The number of rotatable bonds is 4. The average molecular weight is 195 g/mol. The van der Waals surface area contributed by atoms with Gasteiger partial charge in [-0.1, -0.05) is 12.1 Å². The molecule has 0 spiro atoms. The van der Waals surface area contributed by atoms with E-state index in [9.17, 15) is 8.42 Å². The Labute approximate surface area is 71.7 Å². The van der Waals surface area contributed by atoms with Gasteiger partial charge in [0.15, 0.2) is 5.84 Å². The lowest BCUT2D eigenvalue weighted by molar-refractivity contribution is 0.315. The van der Waals surface area contributed by atoms with E-state index in [-0.39, 0.29) is 12.4 Å². The number of amidine groups is 1. The molecule has 0 radical (unpaired) electrons. The Morgan fingerprint density at radius 3 is 2.42 bits per heavy atom. The molecule has 0 aromatic rings. The fourth-order valence-electron chi connectivity index (χ4n) is 0.676. The topological polar surface area (TPSA) is 96.0 Å². The third-order valence-corrected chi connectivity index (χ3v) is 2.61. The molecular formula is C5H13N3O3S. The van der Waals surface area contributed by atoms with Crippen LogP contribution in [0, 0.1) is 0 Å². The molecule has 7 heteroatoms. The van der Waals surface area contributed by atoms with Gasteiger partial charge >= 0.3 is 0 Å². The Kier molecular flexibility index (Phi) is 3.98. The van der Waals surface area contributed by atoms with Crippen LogP contribution in [0.5, 0.6) is 0 Å². The first kappa shape index (κ1) is 11.2. The monoisotopic (exact) mass is 195 g/mol. The molecule has 0 unspecified atom stereocenters. The zero-order chi connectivity index (χ0) is 9.78. The number of oxime groups is 1. The normalized spacial score (nSPS) is 13.8. The van der Waals surface area contributed by atoms with Gasteiger partial charge in [-0.05, 0) is 0 Å². The molecule has 0 aromatic heterocycles. The quantitative estimate of drug-likeness (QED) is 0.261. The van der Waals surface area contributed by atoms with E-state index in [0.717, 1.165) is 10.6 Å². The highest BCUT2D eigenvalue weighted by Crippen LogP contribution is 1.95. The van der Waals surface area contributed by atoms with Crippen LogP contribution in [0.3, 0.4) is 0 Å². The molecule has 6 nitrogen and oxygen atoms in total. The van der Waals surface area contributed by atoms with Gasteiger partial charge in [0.25, 0.3) is 0 Å². The lowest BCUT2D eigenvalue weighted by Crippen LogP contribution is -2.37. The van der Waals surface area contributed by atoms with E-state index in [1.165, 1.54) is 0 Å². The second-order valence-corrected chi connectivity index (χ2v) is 4.26. The minimum atomic E-state index is -3.26. The van der Waals surface area contributed by atoms with Crippen molar-refractivity contribution in [3.63, 3.8) is 0 Å². The van der Waals surface area contributed by atoms with Crippen LogP contribution in [0.1, 0.15) is 6.92 Å². The Bertz CT molecular complexity index is 259. The van der Waals surface area contributed by atoms with E-state index < -0.39 is 10.0 Å². The molecule has 0 saturated heterocycles. The van der Waals surface area contributed by atoms with Crippen LogP contribution < -0.4 is 5.73 Å². The van der Waals surface area contributed by atoms with Crippen molar-refractivity contribution in [2.75, 3.05) is 19.3 Å². The van der Waals surface area contributed by atoms with Crippen molar-refractivity contribution < 1.29 is 13.6 Å². The van der Waals surface area contributed by atoms with Gasteiger partial charge in [0.05, 0.1) is 12.8 Å². The molecule has 0 atom stereocenters. The highest BCUT2D eigenvalue weighted by molar-refractivity contribution is 7.88. The first-order valence-corrected chi connectivity index (χ1v) is 5.18. The number of nitrogens with two attached hydrogens (primary N) is 1. The third kappa shape index (κ3) is 3.54. The minimum Gasteiger partial charge on any atom is -0.409 e. The maximum atomic E-state index is 10.9. The first-order chi connectivity index (χ1) is 5.41. The fraction of sp³-hybridized carbons (Fsp3) is 0.800. The third-order valence-electron chi connectivity index (χ3n) is 1.29. The summed E-state index contributed by atoms with van der Waals surface area (Å²) in [5.41, 5.74) is 5.14. The highest BCUT2D eigenvalue weighted by Gasteiger charge is 2.15. The van der Waals surface area contributed by atoms with Crippen molar-refractivity contribution in [3.8, 4) is 0 Å². The number of sulfonamides is 1. The summed E-state index contributed by atoms with van der Waals surface area (Å²) in [5.74, 6) is -0.123. The molecule has 0 bridgehead atoms. The van der Waals surface area contributed by atoms with Gasteiger partial charge in [-0.2, -0.15) is 4.31 Å². The molecular weight excluding hydrogens is 182 g/mol. The molecule has 3 N–H and O–H groups in total. The van der Waals surface area contributed by atoms with Crippen LogP contribution >= 0.6 is 0 Å². The largest absolute Gasteiger partial charge is 0.409 e. The smallest absolute Gasteiger partial charge is 0.211 e. The second kappa shape index (κ2) is 4.27. The van der Waals surface area contributed by atoms with E-state index >= 15 is 0 Å².